The van der Waals surface area contributed by atoms with Crippen LogP contribution in [0.3, 0.4) is 0 Å². The Morgan fingerprint density at radius 2 is 1.61 bits per heavy atom. The molecule has 2 amide bonds. The van der Waals surface area contributed by atoms with Crippen LogP contribution in [-0.2, 0) is 9.59 Å². The van der Waals surface area contributed by atoms with Crippen molar-refractivity contribution in [2.75, 3.05) is 16.3 Å². The number of imide groups is 1. The quantitative estimate of drug-likeness (QED) is 0.430. The summed E-state index contributed by atoms with van der Waals surface area (Å²) in [5, 5.41) is 0.467. The van der Waals surface area contributed by atoms with Crippen LogP contribution in [0.15, 0.2) is 94.4 Å². The molecule has 1 heterocycles. The molecule has 1 aliphatic heterocycles. The van der Waals surface area contributed by atoms with E-state index in [1.165, 1.54) is 16.7 Å². The highest BCUT2D eigenvalue weighted by Crippen LogP contribution is 2.40. The zero-order valence-electron chi connectivity index (χ0n) is 17.2. The van der Waals surface area contributed by atoms with Gasteiger partial charge < -0.3 is 4.90 Å². The van der Waals surface area contributed by atoms with Gasteiger partial charge >= 0.3 is 0 Å². The third kappa shape index (κ3) is 4.24. The topological polar surface area (TPSA) is 40.6 Å². The van der Waals surface area contributed by atoms with E-state index < -0.39 is 0 Å². The molecule has 4 nitrogen and oxygen atoms in total. The summed E-state index contributed by atoms with van der Waals surface area (Å²) in [5.41, 5.74) is 2.83. The first-order valence-electron chi connectivity index (χ1n) is 9.95. The first-order chi connectivity index (χ1) is 15.0. The molecular formula is C25H21ClN2O2S. The van der Waals surface area contributed by atoms with Crippen LogP contribution in [0.1, 0.15) is 12.5 Å². The van der Waals surface area contributed by atoms with E-state index in [9.17, 15) is 9.59 Å². The first-order valence-corrected chi connectivity index (χ1v) is 11.1. The van der Waals surface area contributed by atoms with Gasteiger partial charge in [-0.15, -0.1) is 0 Å². The van der Waals surface area contributed by atoms with Crippen molar-refractivity contribution < 1.29 is 9.59 Å². The number of carbonyl (C=O) groups is 2. The lowest BCUT2D eigenvalue weighted by molar-refractivity contribution is -0.120. The van der Waals surface area contributed by atoms with Crippen molar-refractivity contribution >= 4 is 46.6 Å². The van der Waals surface area contributed by atoms with E-state index in [-0.39, 0.29) is 11.8 Å². The number of hydrogen-bond acceptors (Lipinski definition) is 4. The molecule has 3 aromatic carbocycles. The summed E-state index contributed by atoms with van der Waals surface area (Å²) in [5.74, 6) is -0.699. The molecule has 156 valence electrons. The maximum absolute atomic E-state index is 13.6. The molecule has 0 saturated heterocycles. The van der Waals surface area contributed by atoms with Crippen LogP contribution in [0.25, 0.3) is 0 Å². The van der Waals surface area contributed by atoms with Gasteiger partial charge in [0.15, 0.2) is 0 Å². The highest BCUT2D eigenvalue weighted by atomic mass is 35.5. The number of carbonyl (C=O) groups excluding carboxylic acids is 2. The lowest BCUT2D eigenvalue weighted by Crippen LogP contribution is -2.35. The highest BCUT2D eigenvalue weighted by Gasteiger charge is 2.42. The largest absolute Gasteiger partial charge is 0.336 e. The molecule has 0 N–H and O–H groups in total. The molecule has 31 heavy (non-hydrogen) atoms. The van der Waals surface area contributed by atoms with Gasteiger partial charge in [-0.25, -0.2) is 4.90 Å². The number of nitrogens with zero attached hydrogens (tertiary/aromatic N) is 2. The maximum Gasteiger partial charge on any atom is 0.283 e. The Morgan fingerprint density at radius 1 is 0.903 bits per heavy atom. The second-order valence-electron chi connectivity index (χ2n) is 7.10. The second kappa shape index (κ2) is 9.00. The number of thioether (sulfide) groups is 1. The van der Waals surface area contributed by atoms with Crippen LogP contribution in [0.5, 0.6) is 0 Å². The van der Waals surface area contributed by atoms with Crippen molar-refractivity contribution in [2.24, 2.45) is 0 Å². The predicted molar refractivity (Wildman–Crippen MR) is 127 cm³/mol. The smallest absolute Gasteiger partial charge is 0.283 e. The van der Waals surface area contributed by atoms with Crippen LogP contribution >= 0.6 is 23.4 Å². The normalized spacial score (nSPS) is 13.8. The fourth-order valence-electron chi connectivity index (χ4n) is 3.48. The zero-order chi connectivity index (χ0) is 22.0. The second-order valence-corrected chi connectivity index (χ2v) is 8.62. The van der Waals surface area contributed by atoms with Crippen LogP contribution in [0, 0.1) is 6.92 Å². The van der Waals surface area contributed by atoms with Gasteiger partial charge in [-0.05, 0) is 56.3 Å². The average Bonchev–Trinajstić information content (AvgIpc) is 3.01. The van der Waals surface area contributed by atoms with Crippen molar-refractivity contribution in [3.05, 3.63) is 100 Å². The molecule has 1 aliphatic rings. The Morgan fingerprint density at radius 3 is 2.26 bits per heavy atom. The maximum atomic E-state index is 13.6. The molecule has 0 saturated carbocycles. The molecule has 0 atom stereocenters. The van der Waals surface area contributed by atoms with Crippen molar-refractivity contribution in [3.63, 3.8) is 0 Å². The number of halogens is 1. The summed E-state index contributed by atoms with van der Waals surface area (Å²) in [7, 11) is 0. The van der Waals surface area contributed by atoms with Crippen molar-refractivity contribution in [2.45, 2.75) is 18.7 Å². The minimum atomic E-state index is -0.354. The van der Waals surface area contributed by atoms with Crippen LogP contribution < -0.4 is 9.80 Å². The number of rotatable bonds is 6. The molecule has 0 spiro atoms. The van der Waals surface area contributed by atoms with Gasteiger partial charge in [0.05, 0.1) is 5.69 Å². The number of para-hydroxylation sites is 1. The Kier molecular flexibility index (Phi) is 6.16. The lowest BCUT2D eigenvalue weighted by Gasteiger charge is -2.24. The number of benzene rings is 3. The molecule has 3 aromatic rings. The Balaban J connectivity index is 1.83. The fourth-order valence-corrected chi connectivity index (χ4v) is 4.64. The number of hydrogen-bond donors (Lipinski definition) is 0. The van der Waals surface area contributed by atoms with Gasteiger partial charge in [0.25, 0.3) is 11.8 Å². The van der Waals surface area contributed by atoms with Crippen molar-refractivity contribution in [1.82, 2.24) is 0 Å². The van der Waals surface area contributed by atoms with E-state index in [1.54, 1.807) is 24.3 Å². The van der Waals surface area contributed by atoms with E-state index in [2.05, 4.69) is 0 Å². The fraction of sp³-hybridized carbons (Fsp3) is 0.120. The molecule has 4 rings (SSSR count). The number of amides is 2. The Bertz CT molecular complexity index is 1160. The highest BCUT2D eigenvalue weighted by molar-refractivity contribution is 8.04. The minimum absolute atomic E-state index is 0.345. The molecular weight excluding hydrogens is 428 g/mol. The van der Waals surface area contributed by atoms with Gasteiger partial charge in [-0.1, -0.05) is 65.3 Å². The van der Waals surface area contributed by atoms with Crippen LogP contribution in [0.2, 0.25) is 5.02 Å². The summed E-state index contributed by atoms with van der Waals surface area (Å²) >= 11 is 7.46. The van der Waals surface area contributed by atoms with Gasteiger partial charge in [-0.2, -0.15) is 0 Å². The summed E-state index contributed by atoms with van der Waals surface area (Å²) in [6.45, 7) is 4.52. The van der Waals surface area contributed by atoms with E-state index >= 15 is 0 Å². The van der Waals surface area contributed by atoms with E-state index in [4.69, 9.17) is 11.6 Å². The van der Waals surface area contributed by atoms with Crippen molar-refractivity contribution in [3.8, 4) is 0 Å². The summed E-state index contributed by atoms with van der Waals surface area (Å²) < 4.78 is 0. The lowest BCUT2D eigenvalue weighted by atomic mass is 10.2. The molecule has 6 heteroatoms. The van der Waals surface area contributed by atoms with Crippen LogP contribution in [-0.4, -0.2) is 18.4 Å². The molecule has 0 radical (unpaired) electrons. The SMILES string of the molecule is CCN(C1=C(Sc2ccc(C)cc2)C(=O)N(c2cccc(Cl)c2)C1=O)c1ccccc1. The summed E-state index contributed by atoms with van der Waals surface area (Å²) in [6, 6.07) is 24.3. The van der Waals surface area contributed by atoms with Gasteiger partial charge in [0.2, 0.25) is 0 Å². The zero-order valence-corrected chi connectivity index (χ0v) is 18.8. The Labute approximate surface area is 191 Å². The third-order valence-electron chi connectivity index (χ3n) is 4.98. The van der Waals surface area contributed by atoms with Crippen molar-refractivity contribution in [1.29, 1.82) is 0 Å². The molecule has 0 unspecified atom stereocenters. The van der Waals surface area contributed by atoms with Gasteiger partial charge in [0.1, 0.15) is 10.6 Å². The van der Waals surface area contributed by atoms with Gasteiger partial charge in [0, 0.05) is 22.2 Å². The Hall–Kier alpha value is -3.02. The average molecular weight is 449 g/mol. The first kappa shape index (κ1) is 21.2. The summed E-state index contributed by atoms with van der Waals surface area (Å²) in [4.78, 5) is 31.5. The summed E-state index contributed by atoms with van der Waals surface area (Å²) in [6.07, 6.45) is 0. The molecule has 0 fully saturated rings. The van der Waals surface area contributed by atoms with E-state index in [0.717, 1.165) is 16.1 Å². The number of anilines is 2. The number of aryl methyl sites for hydroxylation is 1. The molecule has 0 aromatic heterocycles. The van der Waals surface area contributed by atoms with E-state index in [1.807, 2.05) is 73.3 Å². The third-order valence-corrected chi connectivity index (χ3v) is 6.29. The predicted octanol–water partition coefficient (Wildman–Crippen LogP) is 6.05. The number of likely N-dealkylation sites (N-methyl/N-ethyl adjacent to an activating group) is 1. The van der Waals surface area contributed by atoms with Crippen LogP contribution in [0.4, 0.5) is 11.4 Å². The minimum Gasteiger partial charge on any atom is -0.336 e. The standard InChI is InChI=1S/C25H21ClN2O2S/c1-3-27(19-9-5-4-6-10-19)22-23(31-21-14-12-17(2)13-15-21)25(30)28(24(22)29)20-11-7-8-18(26)16-20/h4-16H,3H2,1-2H3. The molecule has 0 bridgehead atoms. The molecule has 0 aliphatic carbocycles. The van der Waals surface area contributed by atoms with Gasteiger partial charge in [-0.3, -0.25) is 9.59 Å². The van der Waals surface area contributed by atoms with E-state index in [0.29, 0.717) is 27.9 Å². The monoisotopic (exact) mass is 448 g/mol.